The molecule has 0 spiro atoms. The molecule has 1 aliphatic carbocycles. The van der Waals surface area contributed by atoms with Crippen molar-refractivity contribution in [1.29, 1.82) is 0 Å². The van der Waals surface area contributed by atoms with E-state index in [0.29, 0.717) is 0 Å². The molecule has 5 rings (SSSR count). The van der Waals surface area contributed by atoms with Crippen molar-refractivity contribution >= 4 is 37.1 Å². The number of anilines is 1. The van der Waals surface area contributed by atoms with Crippen molar-refractivity contribution in [2.24, 2.45) is 0 Å². The molecule has 0 bridgehead atoms. The monoisotopic (exact) mass is 644 g/mol. The van der Waals surface area contributed by atoms with Gasteiger partial charge in [0.15, 0.2) is 0 Å². The standard InChI is InChI=1S/C35H36N2O6S2/c1-23-28-15-13-26(44(38,39)40)21-30(28)34(2,3)29(23)11-7-9-24(25-17-19-36-20-18-25)10-8-12-33-35(4,5)31-22-27(45(41,42)43)14-16-32(31)37(33)6/h7-22H,1-6H3,(H,38,39,40)(H,41,42,43). The van der Waals surface area contributed by atoms with E-state index < -0.39 is 31.1 Å². The van der Waals surface area contributed by atoms with Crippen LogP contribution in [0, 0.1) is 0 Å². The lowest BCUT2D eigenvalue weighted by atomic mass is 9.81. The first-order valence-corrected chi connectivity index (χ1v) is 17.2. The predicted octanol–water partition coefficient (Wildman–Crippen LogP) is 7.15. The number of hydrogen-bond donors (Lipinski definition) is 2. The van der Waals surface area contributed by atoms with Crippen LogP contribution in [0.15, 0.2) is 118 Å². The molecule has 2 N–H and O–H groups in total. The zero-order chi connectivity index (χ0) is 32.9. The first kappa shape index (κ1) is 32.3. The number of pyridine rings is 1. The second-order valence-corrected chi connectivity index (χ2v) is 15.2. The van der Waals surface area contributed by atoms with Gasteiger partial charge in [-0.1, -0.05) is 64.1 Å². The summed E-state index contributed by atoms with van der Waals surface area (Å²) in [5, 5.41) is 0. The Hall–Kier alpha value is -4.09. The van der Waals surface area contributed by atoms with Crippen LogP contribution in [0.2, 0.25) is 0 Å². The van der Waals surface area contributed by atoms with Crippen molar-refractivity contribution in [3.05, 3.63) is 131 Å². The van der Waals surface area contributed by atoms with Crippen LogP contribution in [-0.4, -0.2) is 38.0 Å². The molecule has 45 heavy (non-hydrogen) atoms. The van der Waals surface area contributed by atoms with Gasteiger partial charge in [0.1, 0.15) is 0 Å². The van der Waals surface area contributed by atoms with Gasteiger partial charge in [-0.25, -0.2) is 0 Å². The fraction of sp³-hybridized carbons (Fsp3) is 0.229. The average molecular weight is 645 g/mol. The van der Waals surface area contributed by atoms with Gasteiger partial charge in [-0.2, -0.15) is 16.8 Å². The van der Waals surface area contributed by atoms with Gasteiger partial charge in [0.05, 0.1) is 9.79 Å². The van der Waals surface area contributed by atoms with E-state index >= 15 is 0 Å². The normalized spacial score (nSPS) is 18.8. The van der Waals surface area contributed by atoms with Gasteiger partial charge < -0.3 is 4.90 Å². The van der Waals surface area contributed by atoms with Crippen LogP contribution in [-0.2, 0) is 31.1 Å². The number of aromatic nitrogens is 1. The van der Waals surface area contributed by atoms with Crippen molar-refractivity contribution in [1.82, 2.24) is 4.98 Å². The van der Waals surface area contributed by atoms with E-state index in [2.05, 4.69) is 4.98 Å². The fourth-order valence-corrected chi connectivity index (χ4v) is 7.39. The largest absolute Gasteiger partial charge is 0.347 e. The lowest BCUT2D eigenvalue weighted by molar-refractivity contribution is 0.480. The predicted molar refractivity (Wildman–Crippen MR) is 178 cm³/mol. The van der Waals surface area contributed by atoms with E-state index in [9.17, 15) is 25.9 Å². The quantitative estimate of drug-likeness (QED) is 0.205. The second kappa shape index (κ2) is 11.4. The number of benzene rings is 2. The highest BCUT2D eigenvalue weighted by Gasteiger charge is 2.39. The van der Waals surface area contributed by atoms with Crippen molar-refractivity contribution in [3.63, 3.8) is 0 Å². The summed E-state index contributed by atoms with van der Waals surface area (Å²) in [6.07, 6.45) is 15.4. The highest BCUT2D eigenvalue weighted by atomic mass is 32.2. The third-order valence-electron chi connectivity index (χ3n) is 8.83. The molecule has 0 saturated carbocycles. The molecule has 234 valence electrons. The third-order valence-corrected chi connectivity index (χ3v) is 10.5. The van der Waals surface area contributed by atoms with Gasteiger partial charge in [-0.3, -0.25) is 14.1 Å². The minimum Gasteiger partial charge on any atom is -0.347 e. The maximum Gasteiger partial charge on any atom is 0.294 e. The Bertz CT molecular complexity index is 2070. The zero-order valence-electron chi connectivity index (χ0n) is 26.0. The summed E-state index contributed by atoms with van der Waals surface area (Å²) >= 11 is 0. The number of likely N-dealkylation sites (N-methyl/N-ethyl adjacent to an activating group) is 1. The molecule has 0 amide bonds. The number of fused-ring (bicyclic) bond motifs is 2. The topological polar surface area (TPSA) is 125 Å². The molecule has 2 aromatic carbocycles. The average Bonchev–Trinajstić information content (AvgIpc) is 3.28. The molecule has 10 heteroatoms. The maximum absolute atomic E-state index is 11.8. The molecule has 0 saturated heterocycles. The summed E-state index contributed by atoms with van der Waals surface area (Å²) in [7, 11) is -6.71. The number of rotatable bonds is 7. The molecule has 0 unspecified atom stereocenters. The van der Waals surface area contributed by atoms with Gasteiger partial charge in [0, 0.05) is 41.7 Å². The molecule has 0 radical (unpaired) electrons. The Morgan fingerprint density at radius 3 is 2.04 bits per heavy atom. The van der Waals surface area contributed by atoms with E-state index in [1.807, 2.05) is 95.2 Å². The first-order chi connectivity index (χ1) is 20.9. The summed E-state index contributed by atoms with van der Waals surface area (Å²) in [4.78, 5) is 5.92. The Morgan fingerprint density at radius 2 is 1.42 bits per heavy atom. The van der Waals surface area contributed by atoms with Gasteiger partial charge >= 0.3 is 0 Å². The van der Waals surface area contributed by atoms with E-state index in [0.717, 1.165) is 50.4 Å². The summed E-state index contributed by atoms with van der Waals surface area (Å²) < 4.78 is 66.3. The molecule has 2 aliphatic rings. The number of nitrogens with zero attached hydrogens (tertiary/aromatic N) is 2. The highest BCUT2D eigenvalue weighted by molar-refractivity contribution is 7.86. The molecule has 3 aromatic rings. The van der Waals surface area contributed by atoms with Gasteiger partial charge in [-0.15, -0.1) is 0 Å². The molecular formula is C35H36N2O6S2. The molecule has 8 nitrogen and oxygen atoms in total. The molecular weight excluding hydrogens is 609 g/mol. The van der Waals surface area contributed by atoms with Crippen molar-refractivity contribution in [3.8, 4) is 0 Å². The molecule has 1 aliphatic heterocycles. The Labute approximate surface area is 265 Å². The smallest absolute Gasteiger partial charge is 0.294 e. The van der Waals surface area contributed by atoms with E-state index in [4.69, 9.17) is 0 Å². The van der Waals surface area contributed by atoms with Crippen LogP contribution in [0.3, 0.4) is 0 Å². The van der Waals surface area contributed by atoms with Crippen molar-refractivity contribution < 1.29 is 25.9 Å². The molecule has 1 aromatic heterocycles. The maximum atomic E-state index is 11.8. The second-order valence-electron chi connectivity index (χ2n) is 12.3. The summed E-state index contributed by atoms with van der Waals surface area (Å²) in [5.41, 5.74) is 7.39. The lowest BCUT2D eigenvalue weighted by Crippen LogP contribution is -2.22. The third kappa shape index (κ3) is 5.98. The highest BCUT2D eigenvalue weighted by Crippen LogP contribution is 2.48. The van der Waals surface area contributed by atoms with Crippen molar-refractivity contribution in [2.45, 2.75) is 55.2 Å². The Kier molecular flexibility index (Phi) is 8.16. The van der Waals surface area contributed by atoms with E-state index in [1.54, 1.807) is 30.6 Å². The minimum absolute atomic E-state index is 0.121. The number of hydrogen-bond acceptors (Lipinski definition) is 6. The Balaban J connectivity index is 1.48. The van der Waals surface area contributed by atoms with Gasteiger partial charge in [0.25, 0.3) is 20.2 Å². The lowest BCUT2D eigenvalue weighted by Gasteiger charge is -2.23. The van der Waals surface area contributed by atoms with Crippen LogP contribution in [0.1, 0.15) is 56.9 Å². The number of allylic oxidation sites excluding steroid dienone is 10. The van der Waals surface area contributed by atoms with Crippen LogP contribution < -0.4 is 4.90 Å². The Morgan fingerprint density at radius 1 is 0.822 bits per heavy atom. The first-order valence-electron chi connectivity index (χ1n) is 14.3. The van der Waals surface area contributed by atoms with Crippen LogP contribution in [0.5, 0.6) is 0 Å². The van der Waals surface area contributed by atoms with Crippen molar-refractivity contribution in [2.75, 3.05) is 11.9 Å². The van der Waals surface area contributed by atoms with Crippen LogP contribution in [0.25, 0.3) is 11.1 Å². The SMILES string of the molecule is CC1=C(C=CC=C(C=CC=C2N(C)c3ccc(S(=O)(=O)O)cc3C2(C)C)c2ccncc2)C(C)(C)c2cc(S(=O)(=O)O)ccc21. The molecule has 0 atom stereocenters. The van der Waals surface area contributed by atoms with Crippen LogP contribution in [0.4, 0.5) is 5.69 Å². The minimum atomic E-state index is -4.33. The molecule has 2 heterocycles. The van der Waals surface area contributed by atoms with Gasteiger partial charge in [-0.05, 0) is 94.4 Å². The summed E-state index contributed by atoms with van der Waals surface area (Å²) in [6.45, 7) is 10.1. The van der Waals surface area contributed by atoms with E-state index in [-0.39, 0.29) is 9.79 Å². The zero-order valence-corrected chi connectivity index (χ0v) is 27.6. The summed E-state index contributed by atoms with van der Waals surface area (Å²) in [6, 6.07) is 13.2. The summed E-state index contributed by atoms with van der Waals surface area (Å²) in [5.74, 6) is 0. The van der Waals surface area contributed by atoms with E-state index in [1.165, 1.54) is 18.2 Å². The fourth-order valence-electron chi connectivity index (χ4n) is 6.38. The van der Waals surface area contributed by atoms with Gasteiger partial charge in [0.2, 0.25) is 0 Å². The van der Waals surface area contributed by atoms with Crippen LogP contribution >= 0.6 is 0 Å². The molecule has 0 fully saturated rings.